The van der Waals surface area contributed by atoms with Gasteiger partial charge in [-0.15, -0.1) is 10.2 Å². The van der Waals surface area contributed by atoms with Crippen molar-refractivity contribution in [3.05, 3.63) is 10.0 Å². The van der Waals surface area contributed by atoms with Crippen LogP contribution in [0.2, 0.25) is 0 Å². The zero-order valence-corrected chi connectivity index (χ0v) is 8.60. The van der Waals surface area contributed by atoms with Crippen LogP contribution in [0, 0.1) is 6.92 Å². The van der Waals surface area contributed by atoms with Gasteiger partial charge in [0.1, 0.15) is 10.0 Å². The molecule has 0 aliphatic rings. The third-order valence-electron chi connectivity index (χ3n) is 1.49. The lowest BCUT2D eigenvalue weighted by Gasteiger charge is -2.09. The van der Waals surface area contributed by atoms with E-state index in [0.717, 1.165) is 10.0 Å². The molecule has 0 aromatic carbocycles. The Kier molecular flexibility index (Phi) is 3.18. The molecular formula is C7H12N4OS. The molecule has 0 bridgehead atoms. The van der Waals surface area contributed by atoms with E-state index in [1.165, 1.54) is 11.3 Å². The Morgan fingerprint density at radius 3 is 2.69 bits per heavy atom. The number of hydrogen-bond acceptors (Lipinski definition) is 4. The van der Waals surface area contributed by atoms with E-state index in [9.17, 15) is 4.79 Å². The van der Waals surface area contributed by atoms with Gasteiger partial charge in [-0.2, -0.15) is 0 Å². The molecule has 1 aromatic heterocycles. The second kappa shape index (κ2) is 4.18. The molecular weight excluding hydrogens is 188 g/mol. The molecule has 2 amide bonds. The molecule has 0 spiro atoms. The number of aromatic nitrogens is 2. The lowest BCUT2D eigenvalue weighted by molar-refractivity contribution is 0.240. The monoisotopic (exact) mass is 200 g/mol. The van der Waals surface area contributed by atoms with Crippen molar-refractivity contribution >= 4 is 17.4 Å². The van der Waals surface area contributed by atoms with Crippen molar-refractivity contribution in [1.29, 1.82) is 0 Å². The summed E-state index contributed by atoms with van der Waals surface area (Å²) < 4.78 is 0. The minimum Gasteiger partial charge on any atom is -0.341 e. The zero-order valence-electron chi connectivity index (χ0n) is 7.79. The highest BCUT2D eigenvalue weighted by molar-refractivity contribution is 7.11. The van der Waals surface area contributed by atoms with Gasteiger partial charge in [-0.3, -0.25) is 0 Å². The molecule has 0 radical (unpaired) electrons. The summed E-state index contributed by atoms with van der Waals surface area (Å²) in [5.41, 5.74) is 0. The maximum absolute atomic E-state index is 10.9. The molecule has 1 unspecified atom stereocenters. The van der Waals surface area contributed by atoms with Crippen molar-refractivity contribution in [3.63, 3.8) is 0 Å². The maximum Gasteiger partial charge on any atom is 0.315 e. The van der Waals surface area contributed by atoms with Crippen LogP contribution in [0.3, 0.4) is 0 Å². The van der Waals surface area contributed by atoms with Gasteiger partial charge in [0, 0.05) is 7.05 Å². The lowest BCUT2D eigenvalue weighted by atomic mass is 10.4. The molecule has 1 aromatic rings. The van der Waals surface area contributed by atoms with Crippen molar-refractivity contribution < 1.29 is 4.79 Å². The second-order valence-electron chi connectivity index (χ2n) is 2.60. The predicted octanol–water partition coefficient (Wildman–Crippen LogP) is 0.837. The number of hydrogen-bond donors (Lipinski definition) is 2. The van der Waals surface area contributed by atoms with Crippen LogP contribution < -0.4 is 10.6 Å². The molecule has 1 atom stereocenters. The van der Waals surface area contributed by atoms with E-state index in [2.05, 4.69) is 20.8 Å². The molecule has 6 heteroatoms. The van der Waals surface area contributed by atoms with Gasteiger partial charge in [0.2, 0.25) is 0 Å². The summed E-state index contributed by atoms with van der Waals surface area (Å²) in [5, 5.41) is 14.7. The Morgan fingerprint density at radius 2 is 2.23 bits per heavy atom. The molecule has 1 heterocycles. The molecule has 13 heavy (non-hydrogen) atoms. The summed E-state index contributed by atoms with van der Waals surface area (Å²) in [7, 11) is 1.58. The summed E-state index contributed by atoms with van der Waals surface area (Å²) in [6.45, 7) is 3.75. The van der Waals surface area contributed by atoms with Crippen LogP contribution in [-0.2, 0) is 0 Å². The molecule has 72 valence electrons. The number of nitrogens with zero attached hydrogens (tertiary/aromatic N) is 2. The standard InChI is InChI=1S/C7H12N4OS/c1-4(9-7(12)8-3)6-11-10-5(2)13-6/h4H,1-3H3,(H2,8,9,12). The van der Waals surface area contributed by atoms with Gasteiger partial charge >= 0.3 is 6.03 Å². The first-order valence-electron chi connectivity index (χ1n) is 3.91. The summed E-state index contributed by atoms with van der Waals surface area (Å²) in [5.74, 6) is 0. The van der Waals surface area contributed by atoms with Gasteiger partial charge in [0.15, 0.2) is 0 Å². The van der Waals surface area contributed by atoms with E-state index in [4.69, 9.17) is 0 Å². The van der Waals surface area contributed by atoms with Crippen molar-refractivity contribution in [3.8, 4) is 0 Å². The van der Waals surface area contributed by atoms with Crippen molar-refractivity contribution in [2.75, 3.05) is 7.05 Å². The quantitative estimate of drug-likeness (QED) is 0.743. The molecule has 0 fully saturated rings. The smallest absolute Gasteiger partial charge is 0.315 e. The van der Waals surface area contributed by atoms with Crippen LogP contribution >= 0.6 is 11.3 Å². The molecule has 0 saturated heterocycles. The summed E-state index contributed by atoms with van der Waals surface area (Å²) in [6, 6.07) is -0.300. The molecule has 2 N–H and O–H groups in total. The van der Waals surface area contributed by atoms with Crippen LogP contribution in [0.5, 0.6) is 0 Å². The third-order valence-corrected chi connectivity index (χ3v) is 2.51. The third kappa shape index (κ3) is 2.66. The average Bonchev–Trinajstić information content (AvgIpc) is 2.51. The number of amides is 2. The zero-order chi connectivity index (χ0) is 9.84. The summed E-state index contributed by atoms with van der Waals surface area (Å²) in [4.78, 5) is 10.9. The fourth-order valence-electron chi connectivity index (χ4n) is 0.817. The van der Waals surface area contributed by atoms with Crippen LogP contribution in [-0.4, -0.2) is 23.3 Å². The van der Waals surface area contributed by atoms with Gasteiger partial charge < -0.3 is 10.6 Å². The topological polar surface area (TPSA) is 66.9 Å². The van der Waals surface area contributed by atoms with Crippen LogP contribution in [0.4, 0.5) is 4.79 Å². The molecule has 0 aliphatic heterocycles. The van der Waals surface area contributed by atoms with Gasteiger partial charge in [0.05, 0.1) is 6.04 Å². The van der Waals surface area contributed by atoms with E-state index < -0.39 is 0 Å². The van der Waals surface area contributed by atoms with E-state index >= 15 is 0 Å². The van der Waals surface area contributed by atoms with E-state index in [1.54, 1.807) is 7.05 Å². The van der Waals surface area contributed by atoms with Gasteiger partial charge in [-0.05, 0) is 13.8 Å². The first-order valence-corrected chi connectivity index (χ1v) is 4.73. The fraction of sp³-hybridized carbons (Fsp3) is 0.571. The average molecular weight is 200 g/mol. The molecule has 5 nitrogen and oxygen atoms in total. The fourth-order valence-corrected chi connectivity index (χ4v) is 1.52. The minimum atomic E-state index is -0.208. The number of aryl methyl sites for hydroxylation is 1. The highest BCUT2D eigenvalue weighted by atomic mass is 32.1. The Balaban J connectivity index is 2.58. The number of urea groups is 1. The first-order chi connectivity index (χ1) is 6.13. The number of carbonyl (C=O) groups is 1. The lowest BCUT2D eigenvalue weighted by Crippen LogP contribution is -2.34. The largest absolute Gasteiger partial charge is 0.341 e. The van der Waals surface area contributed by atoms with Crippen molar-refractivity contribution in [2.45, 2.75) is 19.9 Å². The maximum atomic E-state index is 10.9. The van der Waals surface area contributed by atoms with Crippen LogP contribution in [0.25, 0.3) is 0 Å². The second-order valence-corrected chi connectivity index (χ2v) is 3.82. The van der Waals surface area contributed by atoms with E-state index in [-0.39, 0.29) is 12.1 Å². The Morgan fingerprint density at radius 1 is 1.54 bits per heavy atom. The van der Waals surface area contributed by atoms with Crippen molar-refractivity contribution in [1.82, 2.24) is 20.8 Å². The highest BCUT2D eigenvalue weighted by Gasteiger charge is 2.11. The predicted molar refractivity (Wildman–Crippen MR) is 50.7 cm³/mol. The van der Waals surface area contributed by atoms with Gasteiger partial charge in [-0.1, -0.05) is 11.3 Å². The number of nitrogens with one attached hydrogen (secondary N) is 2. The normalized spacial score (nSPS) is 12.2. The molecule has 0 saturated carbocycles. The van der Waals surface area contributed by atoms with Crippen LogP contribution in [0.15, 0.2) is 0 Å². The first kappa shape index (κ1) is 9.91. The van der Waals surface area contributed by atoms with Crippen LogP contribution in [0.1, 0.15) is 23.0 Å². The summed E-state index contributed by atoms with van der Waals surface area (Å²) in [6.07, 6.45) is 0. The number of carbonyl (C=O) groups excluding carboxylic acids is 1. The number of rotatable bonds is 2. The Hall–Kier alpha value is -1.17. The molecule has 1 rings (SSSR count). The minimum absolute atomic E-state index is 0.0915. The van der Waals surface area contributed by atoms with Gasteiger partial charge in [-0.25, -0.2) is 4.79 Å². The van der Waals surface area contributed by atoms with Crippen molar-refractivity contribution in [2.24, 2.45) is 0 Å². The van der Waals surface area contributed by atoms with Gasteiger partial charge in [0.25, 0.3) is 0 Å². The van der Waals surface area contributed by atoms with E-state index in [1.807, 2.05) is 13.8 Å². The SMILES string of the molecule is CNC(=O)NC(C)c1nnc(C)s1. The Bertz CT molecular complexity index is 298. The summed E-state index contributed by atoms with van der Waals surface area (Å²) >= 11 is 1.48. The van der Waals surface area contributed by atoms with E-state index in [0.29, 0.717) is 0 Å². The Labute approximate surface area is 80.6 Å². The highest BCUT2D eigenvalue weighted by Crippen LogP contribution is 2.16. The molecule has 0 aliphatic carbocycles.